The molecular formula is C12H16N6O. The fourth-order valence-electron chi connectivity index (χ4n) is 1.59. The molecule has 2 aromatic heterocycles. The standard InChI is InChI=1S/C12H16N6O/c1-3-13-10-7-16-9(6-17-10)12(19)18(2)8-11-14-4-5-15-11/h4-7H,3,8H2,1-2H3,(H,13,17)(H,14,15). The van der Waals surface area contributed by atoms with E-state index in [0.717, 1.165) is 12.4 Å². The van der Waals surface area contributed by atoms with Crippen LogP contribution in [0.25, 0.3) is 0 Å². The minimum absolute atomic E-state index is 0.188. The lowest BCUT2D eigenvalue weighted by atomic mass is 10.3. The van der Waals surface area contributed by atoms with Gasteiger partial charge in [-0.3, -0.25) is 4.79 Å². The largest absolute Gasteiger partial charge is 0.369 e. The Hall–Kier alpha value is -2.44. The number of hydrogen-bond acceptors (Lipinski definition) is 5. The zero-order valence-corrected chi connectivity index (χ0v) is 10.9. The van der Waals surface area contributed by atoms with Crippen LogP contribution in [0.1, 0.15) is 23.2 Å². The van der Waals surface area contributed by atoms with Crippen LogP contribution in [0, 0.1) is 0 Å². The van der Waals surface area contributed by atoms with Gasteiger partial charge < -0.3 is 15.2 Å². The topological polar surface area (TPSA) is 86.8 Å². The maximum absolute atomic E-state index is 12.1. The summed E-state index contributed by atoms with van der Waals surface area (Å²) in [6, 6.07) is 0. The average Bonchev–Trinajstić information content (AvgIpc) is 2.92. The Balaban J connectivity index is 2.02. The number of rotatable bonds is 5. The van der Waals surface area contributed by atoms with E-state index in [-0.39, 0.29) is 5.91 Å². The van der Waals surface area contributed by atoms with Gasteiger partial charge in [-0.15, -0.1) is 0 Å². The Morgan fingerprint density at radius 2 is 2.21 bits per heavy atom. The molecule has 0 unspecified atom stereocenters. The van der Waals surface area contributed by atoms with Gasteiger partial charge in [-0.05, 0) is 6.92 Å². The summed E-state index contributed by atoms with van der Waals surface area (Å²) in [5.74, 6) is 1.20. The van der Waals surface area contributed by atoms with Crippen LogP contribution in [-0.4, -0.2) is 44.3 Å². The Kier molecular flexibility index (Phi) is 4.07. The molecule has 2 N–H and O–H groups in total. The summed E-state index contributed by atoms with van der Waals surface area (Å²) in [5.41, 5.74) is 0.315. The minimum Gasteiger partial charge on any atom is -0.369 e. The highest BCUT2D eigenvalue weighted by molar-refractivity contribution is 5.91. The Morgan fingerprint density at radius 3 is 2.79 bits per heavy atom. The number of hydrogen-bond donors (Lipinski definition) is 2. The number of H-pyrrole nitrogens is 1. The SMILES string of the molecule is CCNc1cnc(C(=O)N(C)Cc2ncc[nH]2)cn1. The molecule has 0 aliphatic heterocycles. The van der Waals surface area contributed by atoms with Crippen LogP contribution in [0.15, 0.2) is 24.8 Å². The summed E-state index contributed by atoms with van der Waals surface area (Å²) in [6.07, 6.45) is 6.40. The molecule has 0 aliphatic carbocycles. The number of amides is 1. The number of nitrogens with one attached hydrogen (secondary N) is 2. The molecule has 1 amide bonds. The molecule has 19 heavy (non-hydrogen) atoms. The van der Waals surface area contributed by atoms with Crippen LogP contribution in [0.3, 0.4) is 0 Å². The van der Waals surface area contributed by atoms with Gasteiger partial charge in [0.1, 0.15) is 17.3 Å². The number of imidazole rings is 1. The maximum Gasteiger partial charge on any atom is 0.274 e. The highest BCUT2D eigenvalue weighted by Crippen LogP contribution is 2.05. The van der Waals surface area contributed by atoms with Crippen LogP contribution < -0.4 is 5.32 Å². The lowest BCUT2D eigenvalue weighted by molar-refractivity contribution is 0.0775. The second kappa shape index (κ2) is 5.94. The van der Waals surface area contributed by atoms with Crippen molar-refractivity contribution in [3.63, 3.8) is 0 Å². The van der Waals surface area contributed by atoms with Crippen molar-refractivity contribution in [3.05, 3.63) is 36.3 Å². The fourth-order valence-corrected chi connectivity index (χ4v) is 1.59. The molecule has 0 saturated heterocycles. The van der Waals surface area contributed by atoms with Gasteiger partial charge in [-0.1, -0.05) is 0 Å². The van der Waals surface area contributed by atoms with Crippen LogP contribution in [0.5, 0.6) is 0 Å². The van der Waals surface area contributed by atoms with Gasteiger partial charge in [0.05, 0.1) is 18.9 Å². The van der Waals surface area contributed by atoms with Crippen molar-refractivity contribution >= 4 is 11.7 Å². The molecule has 0 spiro atoms. The van der Waals surface area contributed by atoms with Gasteiger partial charge in [0.2, 0.25) is 0 Å². The smallest absolute Gasteiger partial charge is 0.274 e. The highest BCUT2D eigenvalue weighted by atomic mass is 16.2. The van der Waals surface area contributed by atoms with Gasteiger partial charge in [0.15, 0.2) is 0 Å². The molecule has 0 atom stereocenters. The molecule has 7 heteroatoms. The zero-order valence-electron chi connectivity index (χ0n) is 10.9. The third-order valence-electron chi connectivity index (χ3n) is 2.52. The first-order chi connectivity index (χ1) is 9.20. The average molecular weight is 260 g/mol. The number of anilines is 1. The van der Waals surface area contributed by atoms with E-state index in [1.165, 1.54) is 11.1 Å². The van der Waals surface area contributed by atoms with Crippen molar-refractivity contribution in [2.24, 2.45) is 0 Å². The predicted octanol–water partition coefficient (Wildman–Crippen LogP) is 0.904. The third kappa shape index (κ3) is 3.27. The quantitative estimate of drug-likeness (QED) is 0.834. The van der Waals surface area contributed by atoms with E-state index in [0.29, 0.717) is 18.1 Å². The summed E-state index contributed by atoms with van der Waals surface area (Å²) in [4.78, 5) is 28.9. The van der Waals surface area contributed by atoms with Crippen LogP contribution in [-0.2, 0) is 6.54 Å². The van der Waals surface area contributed by atoms with E-state index in [4.69, 9.17) is 0 Å². The van der Waals surface area contributed by atoms with Gasteiger partial charge in [-0.25, -0.2) is 15.0 Å². The molecule has 100 valence electrons. The van der Waals surface area contributed by atoms with Gasteiger partial charge >= 0.3 is 0 Å². The molecule has 2 rings (SSSR count). The summed E-state index contributed by atoms with van der Waals surface area (Å²) < 4.78 is 0. The van der Waals surface area contributed by atoms with E-state index in [2.05, 4.69) is 25.3 Å². The van der Waals surface area contributed by atoms with Crippen molar-refractivity contribution in [3.8, 4) is 0 Å². The molecule has 0 aromatic carbocycles. The zero-order chi connectivity index (χ0) is 13.7. The van der Waals surface area contributed by atoms with Gasteiger partial charge in [0.25, 0.3) is 5.91 Å². The molecule has 0 radical (unpaired) electrons. The van der Waals surface area contributed by atoms with E-state index in [1.807, 2.05) is 6.92 Å². The second-order valence-electron chi connectivity index (χ2n) is 4.01. The van der Waals surface area contributed by atoms with Crippen LogP contribution >= 0.6 is 0 Å². The first kappa shape index (κ1) is 13.0. The normalized spacial score (nSPS) is 10.2. The number of aromatic amines is 1. The Labute approximate surface area is 111 Å². The summed E-state index contributed by atoms with van der Waals surface area (Å²) in [6.45, 7) is 3.14. The molecule has 7 nitrogen and oxygen atoms in total. The number of carbonyl (C=O) groups is 1. The predicted molar refractivity (Wildman–Crippen MR) is 70.6 cm³/mol. The van der Waals surface area contributed by atoms with Crippen molar-refractivity contribution in [1.82, 2.24) is 24.8 Å². The second-order valence-corrected chi connectivity index (χ2v) is 4.01. The number of nitrogens with zero attached hydrogens (tertiary/aromatic N) is 4. The van der Waals surface area contributed by atoms with E-state index >= 15 is 0 Å². The Bertz CT molecular complexity index is 522. The first-order valence-corrected chi connectivity index (χ1v) is 6.00. The monoisotopic (exact) mass is 260 g/mol. The molecule has 0 fully saturated rings. The number of aromatic nitrogens is 4. The van der Waals surface area contributed by atoms with Crippen molar-refractivity contribution in [1.29, 1.82) is 0 Å². The molecule has 2 heterocycles. The summed E-state index contributed by atoms with van der Waals surface area (Å²) in [7, 11) is 1.70. The molecule has 0 saturated carbocycles. The molecule has 2 aromatic rings. The van der Waals surface area contributed by atoms with Crippen LogP contribution in [0.4, 0.5) is 5.82 Å². The highest BCUT2D eigenvalue weighted by Gasteiger charge is 2.14. The minimum atomic E-state index is -0.188. The lowest BCUT2D eigenvalue weighted by Crippen LogP contribution is -2.27. The lowest BCUT2D eigenvalue weighted by Gasteiger charge is -2.15. The maximum atomic E-state index is 12.1. The van der Waals surface area contributed by atoms with Crippen molar-refractivity contribution in [2.45, 2.75) is 13.5 Å². The van der Waals surface area contributed by atoms with Crippen LogP contribution in [0.2, 0.25) is 0 Å². The Morgan fingerprint density at radius 1 is 1.37 bits per heavy atom. The van der Waals surface area contributed by atoms with Gasteiger partial charge in [0, 0.05) is 26.0 Å². The van der Waals surface area contributed by atoms with Crippen molar-refractivity contribution < 1.29 is 4.79 Å². The number of carbonyl (C=O) groups excluding carboxylic acids is 1. The fraction of sp³-hybridized carbons (Fsp3) is 0.333. The first-order valence-electron chi connectivity index (χ1n) is 6.00. The van der Waals surface area contributed by atoms with E-state index < -0.39 is 0 Å². The summed E-state index contributed by atoms with van der Waals surface area (Å²) >= 11 is 0. The van der Waals surface area contributed by atoms with Crippen molar-refractivity contribution in [2.75, 3.05) is 18.9 Å². The third-order valence-corrected chi connectivity index (χ3v) is 2.52. The van der Waals surface area contributed by atoms with E-state index in [1.54, 1.807) is 25.6 Å². The molecular weight excluding hydrogens is 244 g/mol. The summed E-state index contributed by atoms with van der Waals surface area (Å²) in [5, 5.41) is 3.03. The molecule has 0 bridgehead atoms. The van der Waals surface area contributed by atoms with Gasteiger partial charge in [-0.2, -0.15) is 0 Å². The molecule has 0 aliphatic rings. The van der Waals surface area contributed by atoms with E-state index in [9.17, 15) is 4.79 Å².